The Bertz CT molecular complexity index is 1160. The average molecular weight is 470 g/mol. The standard InChI is InChI=1S/C25H31N3O4S/c1-3-19-7-4-10-22(15-19)26-25(30)21-9-5-13-27(17-21)33(31,32)23-11-12-24-20(16-23)8-6-14-28(24)18(2)29/h4,7,10-12,15-16,21H,3,5-6,8-9,13-14,17H2,1-2H3,(H,26,30)/t21-/m1/s1. The van der Waals surface area contributed by atoms with E-state index in [2.05, 4.69) is 12.2 Å². The minimum atomic E-state index is -3.73. The smallest absolute Gasteiger partial charge is 0.243 e. The molecule has 2 aromatic carbocycles. The van der Waals surface area contributed by atoms with Crippen LogP contribution in [-0.2, 0) is 32.5 Å². The lowest BCUT2D eigenvalue weighted by atomic mass is 9.98. The van der Waals surface area contributed by atoms with Gasteiger partial charge in [-0.3, -0.25) is 9.59 Å². The third-order valence-corrected chi connectivity index (χ3v) is 8.41. The van der Waals surface area contributed by atoms with Crippen molar-refractivity contribution in [2.75, 3.05) is 29.9 Å². The first-order valence-electron chi connectivity index (χ1n) is 11.6. The number of hydrogen-bond donors (Lipinski definition) is 1. The second-order valence-corrected chi connectivity index (χ2v) is 10.7. The maximum absolute atomic E-state index is 13.4. The first-order chi connectivity index (χ1) is 15.8. The summed E-state index contributed by atoms with van der Waals surface area (Å²) < 4.78 is 28.3. The van der Waals surface area contributed by atoms with E-state index in [9.17, 15) is 18.0 Å². The van der Waals surface area contributed by atoms with Gasteiger partial charge in [-0.15, -0.1) is 0 Å². The number of benzene rings is 2. The van der Waals surface area contributed by atoms with Crippen molar-refractivity contribution >= 4 is 33.2 Å². The van der Waals surface area contributed by atoms with E-state index in [1.54, 1.807) is 23.1 Å². The van der Waals surface area contributed by atoms with E-state index in [4.69, 9.17) is 0 Å². The zero-order chi connectivity index (χ0) is 23.6. The summed E-state index contributed by atoms with van der Waals surface area (Å²) in [6.45, 7) is 4.80. The molecule has 0 saturated carbocycles. The summed E-state index contributed by atoms with van der Waals surface area (Å²) in [6.07, 6.45) is 3.72. The molecular weight excluding hydrogens is 438 g/mol. The molecule has 1 N–H and O–H groups in total. The van der Waals surface area contributed by atoms with Crippen LogP contribution in [0.1, 0.15) is 44.2 Å². The average Bonchev–Trinajstić information content (AvgIpc) is 2.83. The lowest BCUT2D eigenvalue weighted by molar-refractivity contribution is -0.121. The van der Waals surface area contributed by atoms with Crippen molar-refractivity contribution in [1.82, 2.24) is 4.31 Å². The summed E-state index contributed by atoms with van der Waals surface area (Å²) in [4.78, 5) is 26.7. The molecule has 33 heavy (non-hydrogen) atoms. The van der Waals surface area contributed by atoms with Gasteiger partial charge < -0.3 is 10.2 Å². The molecule has 4 rings (SSSR count). The van der Waals surface area contributed by atoms with E-state index < -0.39 is 15.9 Å². The van der Waals surface area contributed by atoms with Crippen LogP contribution in [0.2, 0.25) is 0 Å². The molecule has 1 fully saturated rings. The van der Waals surface area contributed by atoms with Gasteiger partial charge in [0.2, 0.25) is 21.8 Å². The number of aryl methyl sites for hydroxylation is 2. The van der Waals surface area contributed by atoms with Crippen molar-refractivity contribution in [1.29, 1.82) is 0 Å². The largest absolute Gasteiger partial charge is 0.326 e. The maximum Gasteiger partial charge on any atom is 0.243 e. The number of hydrogen-bond acceptors (Lipinski definition) is 4. The first-order valence-corrected chi connectivity index (χ1v) is 13.0. The minimum Gasteiger partial charge on any atom is -0.326 e. The maximum atomic E-state index is 13.4. The van der Waals surface area contributed by atoms with Crippen LogP contribution in [0.25, 0.3) is 0 Å². The van der Waals surface area contributed by atoms with Crippen molar-refractivity contribution in [3.8, 4) is 0 Å². The predicted octanol–water partition coefficient (Wildman–Crippen LogP) is 3.59. The fourth-order valence-electron chi connectivity index (χ4n) is 4.70. The molecule has 176 valence electrons. The van der Waals surface area contributed by atoms with E-state index in [0.29, 0.717) is 25.9 Å². The zero-order valence-corrected chi connectivity index (χ0v) is 20.0. The molecule has 0 unspecified atom stereocenters. The van der Waals surface area contributed by atoms with E-state index in [1.807, 2.05) is 24.3 Å². The van der Waals surface area contributed by atoms with Crippen LogP contribution in [0, 0.1) is 5.92 Å². The van der Waals surface area contributed by atoms with Gasteiger partial charge in [-0.1, -0.05) is 19.1 Å². The topological polar surface area (TPSA) is 86.8 Å². The molecule has 0 aromatic heterocycles. The summed E-state index contributed by atoms with van der Waals surface area (Å²) in [5.74, 6) is -0.587. The van der Waals surface area contributed by atoms with Gasteiger partial charge >= 0.3 is 0 Å². The molecule has 2 amide bonds. The van der Waals surface area contributed by atoms with Crippen molar-refractivity contribution in [3.63, 3.8) is 0 Å². The quantitative estimate of drug-likeness (QED) is 0.725. The second kappa shape index (κ2) is 9.65. The van der Waals surface area contributed by atoms with Gasteiger partial charge in [-0.2, -0.15) is 4.31 Å². The SMILES string of the molecule is CCc1cccc(NC(=O)[C@@H]2CCCN(S(=O)(=O)c3ccc4c(c3)CCCN4C(C)=O)C2)c1. The van der Waals surface area contributed by atoms with Crippen molar-refractivity contribution in [2.24, 2.45) is 5.92 Å². The molecule has 0 bridgehead atoms. The van der Waals surface area contributed by atoms with Gasteiger partial charge in [0.05, 0.1) is 10.8 Å². The first kappa shape index (κ1) is 23.4. The number of carbonyl (C=O) groups is 2. The molecule has 2 heterocycles. The number of fused-ring (bicyclic) bond motifs is 1. The Morgan fingerprint density at radius 1 is 1.09 bits per heavy atom. The Morgan fingerprint density at radius 2 is 1.91 bits per heavy atom. The summed E-state index contributed by atoms with van der Waals surface area (Å²) in [6, 6.07) is 12.7. The summed E-state index contributed by atoms with van der Waals surface area (Å²) in [5.41, 5.74) is 3.54. The molecule has 7 nitrogen and oxygen atoms in total. The van der Waals surface area contributed by atoms with Gasteiger partial charge in [-0.05, 0) is 73.6 Å². The van der Waals surface area contributed by atoms with Gasteiger partial charge in [0.15, 0.2) is 0 Å². The molecule has 8 heteroatoms. The predicted molar refractivity (Wildman–Crippen MR) is 129 cm³/mol. The van der Waals surface area contributed by atoms with E-state index in [1.165, 1.54) is 11.2 Å². The Labute approximate surface area is 195 Å². The highest BCUT2D eigenvalue weighted by Gasteiger charge is 2.34. The van der Waals surface area contributed by atoms with Crippen molar-refractivity contribution < 1.29 is 18.0 Å². The Kier molecular flexibility index (Phi) is 6.86. The fraction of sp³-hybridized carbons (Fsp3) is 0.440. The van der Waals surface area contributed by atoms with Crippen LogP contribution in [0.3, 0.4) is 0 Å². The van der Waals surface area contributed by atoms with Crippen LogP contribution >= 0.6 is 0 Å². The lowest BCUT2D eigenvalue weighted by Crippen LogP contribution is -2.43. The zero-order valence-electron chi connectivity index (χ0n) is 19.2. The molecule has 0 spiro atoms. The summed E-state index contributed by atoms with van der Waals surface area (Å²) in [7, 11) is -3.73. The molecule has 0 aliphatic carbocycles. The van der Waals surface area contributed by atoms with Crippen LogP contribution in [0.5, 0.6) is 0 Å². The monoisotopic (exact) mass is 469 g/mol. The number of piperidine rings is 1. The van der Waals surface area contributed by atoms with Crippen LogP contribution in [0.4, 0.5) is 11.4 Å². The molecule has 0 radical (unpaired) electrons. The second-order valence-electron chi connectivity index (χ2n) is 8.81. The van der Waals surface area contributed by atoms with Gasteiger partial charge in [0.25, 0.3) is 0 Å². The number of carbonyl (C=O) groups excluding carboxylic acids is 2. The van der Waals surface area contributed by atoms with Crippen LogP contribution < -0.4 is 10.2 Å². The number of nitrogens with zero attached hydrogens (tertiary/aromatic N) is 2. The van der Waals surface area contributed by atoms with Crippen LogP contribution in [0.15, 0.2) is 47.4 Å². The van der Waals surface area contributed by atoms with Gasteiger partial charge in [-0.25, -0.2) is 8.42 Å². The molecule has 2 aromatic rings. The Morgan fingerprint density at radius 3 is 2.67 bits per heavy atom. The summed E-state index contributed by atoms with van der Waals surface area (Å²) >= 11 is 0. The highest BCUT2D eigenvalue weighted by Crippen LogP contribution is 2.32. The third kappa shape index (κ3) is 4.96. The normalized spacial score (nSPS) is 19.1. The van der Waals surface area contributed by atoms with E-state index in [0.717, 1.165) is 41.8 Å². The Hall–Kier alpha value is -2.71. The number of amides is 2. The van der Waals surface area contributed by atoms with Crippen molar-refractivity contribution in [2.45, 2.75) is 50.8 Å². The molecule has 2 aliphatic heterocycles. The number of rotatable bonds is 5. The minimum absolute atomic E-state index is 0.0408. The van der Waals surface area contributed by atoms with Crippen LogP contribution in [-0.4, -0.2) is 44.2 Å². The van der Waals surface area contributed by atoms with E-state index >= 15 is 0 Å². The molecular formula is C25H31N3O4S. The Balaban J connectivity index is 1.50. The lowest BCUT2D eigenvalue weighted by Gasteiger charge is -2.32. The van der Waals surface area contributed by atoms with Gasteiger partial charge in [0, 0.05) is 37.9 Å². The molecule has 1 saturated heterocycles. The highest BCUT2D eigenvalue weighted by molar-refractivity contribution is 7.89. The number of nitrogens with one attached hydrogen (secondary N) is 1. The number of anilines is 2. The molecule has 2 aliphatic rings. The highest BCUT2D eigenvalue weighted by atomic mass is 32.2. The molecule has 1 atom stereocenters. The van der Waals surface area contributed by atoms with Crippen molar-refractivity contribution in [3.05, 3.63) is 53.6 Å². The summed E-state index contributed by atoms with van der Waals surface area (Å²) in [5, 5.41) is 2.96. The van der Waals surface area contributed by atoms with E-state index in [-0.39, 0.29) is 23.3 Å². The fourth-order valence-corrected chi connectivity index (χ4v) is 6.27. The van der Waals surface area contributed by atoms with Gasteiger partial charge in [0.1, 0.15) is 0 Å². The number of sulfonamides is 1. The third-order valence-electron chi connectivity index (χ3n) is 6.55.